The number of halogens is 3. The summed E-state index contributed by atoms with van der Waals surface area (Å²) in [6, 6.07) is 12.1. The highest BCUT2D eigenvalue weighted by Gasteiger charge is 2.59. The van der Waals surface area contributed by atoms with E-state index >= 15 is 0 Å². The van der Waals surface area contributed by atoms with Gasteiger partial charge in [0.15, 0.2) is 11.5 Å². The third-order valence-corrected chi connectivity index (χ3v) is 7.66. The van der Waals surface area contributed by atoms with E-state index in [0.29, 0.717) is 17.6 Å². The normalized spacial score (nSPS) is 29.5. The highest BCUT2D eigenvalue weighted by Crippen LogP contribution is 2.61. The Morgan fingerprint density at radius 2 is 1.56 bits per heavy atom. The first-order valence-electron chi connectivity index (χ1n) is 11.7. The summed E-state index contributed by atoms with van der Waals surface area (Å²) in [5.41, 5.74) is 0.101. The van der Waals surface area contributed by atoms with Crippen molar-refractivity contribution in [2.24, 2.45) is 23.7 Å². The number of ether oxygens (including phenoxy) is 3. The molecular formula is C27H27F3O4. The van der Waals surface area contributed by atoms with E-state index in [1.807, 2.05) is 6.92 Å². The zero-order chi connectivity index (χ0) is 24.1. The van der Waals surface area contributed by atoms with Gasteiger partial charge in [-0.15, -0.1) is 13.2 Å². The van der Waals surface area contributed by atoms with Crippen LogP contribution in [-0.4, -0.2) is 17.9 Å². The molecule has 6 rings (SSSR count). The molecule has 0 aliphatic heterocycles. The summed E-state index contributed by atoms with van der Waals surface area (Å²) in [6.45, 7) is 6.10. The van der Waals surface area contributed by atoms with Crippen LogP contribution >= 0.6 is 0 Å². The molecule has 4 bridgehead atoms. The molecule has 0 aromatic heterocycles. The number of carbonyl (C=O) groups excluding carboxylic acids is 1. The fraction of sp³-hybridized carbons (Fsp3) is 0.444. The molecule has 4 fully saturated rings. The molecule has 2 aromatic carbocycles. The van der Waals surface area contributed by atoms with E-state index in [4.69, 9.17) is 9.47 Å². The first-order valence-corrected chi connectivity index (χ1v) is 11.7. The predicted octanol–water partition coefficient (Wildman–Crippen LogP) is 6.95. The molecule has 7 heteroatoms. The van der Waals surface area contributed by atoms with Crippen LogP contribution in [0.2, 0.25) is 0 Å². The number of benzene rings is 2. The van der Waals surface area contributed by atoms with Crippen LogP contribution in [0.1, 0.15) is 49.4 Å². The molecule has 0 radical (unpaired) electrons. The minimum Gasteiger partial charge on any atom is -0.478 e. The van der Waals surface area contributed by atoms with Crippen molar-refractivity contribution in [3.8, 4) is 17.2 Å². The summed E-state index contributed by atoms with van der Waals surface area (Å²) in [7, 11) is 0. The van der Waals surface area contributed by atoms with Crippen molar-refractivity contribution in [1.82, 2.24) is 0 Å². The Hall–Kier alpha value is -2.96. The molecule has 0 amide bonds. The van der Waals surface area contributed by atoms with E-state index in [-0.39, 0.29) is 23.1 Å². The average Bonchev–Trinajstić information content (AvgIpc) is 2.76. The van der Waals surface area contributed by atoms with Crippen molar-refractivity contribution in [3.63, 3.8) is 0 Å². The lowest BCUT2D eigenvalue weighted by Gasteiger charge is -2.61. The maximum absolute atomic E-state index is 13.2. The Morgan fingerprint density at radius 1 is 0.941 bits per heavy atom. The topological polar surface area (TPSA) is 44.8 Å². The van der Waals surface area contributed by atoms with E-state index in [2.05, 4.69) is 11.3 Å². The summed E-state index contributed by atoms with van der Waals surface area (Å²) < 4.78 is 55.8. The van der Waals surface area contributed by atoms with Gasteiger partial charge in [-0.05, 0) is 86.8 Å². The Bertz CT molecular complexity index is 1060. The van der Waals surface area contributed by atoms with E-state index in [1.165, 1.54) is 18.6 Å². The third-order valence-electron chi connectivity index (χ3n) is 7.66. The molecule has 4 saturated carbocycles. The van der Waals surface area contributed by atoms with Gasteiger partial charge in [0.05, 0.1) is 5.56 Å². The molecule has 0 spiro atoms. The summed E-state index contributed by atoms with van der Waals surface area (Å²) in [5, 5.41) is 0. The van der Waals surface area contributed by atoms with Crippen LogP contribution < -0.4 is 14.2 Å². The zero-order valence-electron chi connectivity index (χ0n) is 18.9. The van der Waals surface area contributed by atoms with E-state index in [1.54, 1.807) is 30.3 Å². The first kappa shape index (κ1) is 22.8. The fourth-order valence-electron chi connectivity index (χ4n) is 6.60. The van der Waals surface area contributed by atoms with Crippen molar-refractivity contribution < 1.29 is 32.2 Å². The second-order valence-corrected chi connectivity index (χ2v) is 9.89. The highest BCUT2D eigenvalue weighted by atomic mass is 19.4. The number of para-hydroxylation sites is 1. The highest BCUT2D eigenvalue weighted by molar-refractivity contribution is 5.91. The van der Waals surface area contributed by atoms with Gasteiger partial charge in [-0.2, -0.15) is 0 Å². The van der Waals surface area contributed by atoms with Crippen molar-refractivity contribution >= 4 is 5.97 Å². The molecule has 4 nitrogen and oxygen atoms in total. The molecule has 0 heterocycles. The van der Waals surface area contributed by atoms with Crippen LogP contribution in [0, 0.1) is 23.7 Å². The maximum atomic E-state index is 13.2. The summed E-state index contributed by atoms with van der Waals surface area (Å²) >= 11 is 0. The van der Waals surface area contributed by atoms with Gasteiger partial charge >= 0.3 is 12.3 Å². The van der Waals surface area contributed by atoms with Gasteiger partial charge in [0.2, 0.25) is 0 Å². The van der Waals surface area contributed by atoms with Gasteiger partial charge in [-0.1, -0.05) is 24.8 Å². The zero-order valence-corrected chi connectivity index (χ0v) is 18.9. The van der Waals surface area contributed by atoms with Gasteiger partial charge in [0.1, 0.15) is 11.4 Å². The molecule has 4 aliphatic carbocycles. The molecule has 0 atom stereocenters. The lowest BCUT2D eigenvalue weighted by molar-refractivity contribution is -0.275. The van der Waals surface area contributed by atoms with Gasteiger partial charge in [-0.25, -0.2) is 4.79 Å². The van der Waals surface area contributed by atoms with E-state index in [0.717, 1.165) is 37.3 Å². The maximum Gasteiger partial charge on any atom is 0.573 e. The Labute approximate surface area is 196 Å². The third kappa shape index (κ3) is 4.17. The molecule has 180 valence electrons. The number of carbonyl (C=O) groups is 1. The SMILES string of the molecule is C=C(C)C1(Oc2cc(C(=O)Oc3ccccc3)ccc2OC(F)(F)F)C2CC3CC(C2)CC1C3. The van der Waals surface area contributed by atoms with Gasteiger partial charge in [-0.3, -0.25) is 0 Å². The van der Waals surface area contributed by atoms with Crippen LogP contribution in [0.3, 0.4) is 0 Å². The van der Waals surface area contributed by atoms with Crippen LogP contribution in [0.4, 0.5) is 13.2 Å². The Kier molecular flexibility index (Phi) is 5.61. The molecular weight excluding hydrogens is 445 g/mol. The minimum absolute atomic E-state index is 0.0778. The largest absolute Gasteiger partial charge is 0.573 e. The standard InChI is InChI=1S/C27H27F3O4/c1-16(2)26(20-11-17-10-18(13-20)14-21(26)12-17)33-24-15-19(8-9-23(24)34-27(28,29)30)25(31)32-22-6-4-3-5-7-22/h3-9,15,17-18,20-21H,1,10-14H2,2H3. The lowest BCUT2D eigenvalue weighted by atomic mass is 9.48. The monoisotopic (exact) mass is 472 g/mol. The van der Waals surface area contributed by atoms with Gasteiger partial charge < -0.3 is 14.2 Å². The number of rotatable bonds is 6. The molecule has 34 heavy (non-hydrogen) atoms. The average molecular weight is 473 g/mol. The van der Waals surface area contributed by atoms with Crippen molar-refractivity contribution in [3.05, 3.63) is 66.2 Å². The second kappa shape index (κ2) is 8.36. The molecule has 0 saturated heterocycles. The van der Waals surface area contributed by atoms with E-state index in [9.17, 15) is 18.0 Å². The van der Waals surface area contributed by atoms with Crippen LogP contribution in [0.15, 0.2) is 60.7 Å². The van der Waals surface area contributed by atoms with Crippen molar-refractivity contribution in [1.29, 1.82) is 0 Å². The molecule has 4 aliphatic rings. The minimum atomic E-state index is -4.90. The number of hydrogen-bond acceptors (Lipinski definition) is 4. The Balaban J connectivity index is 1.51. The lowest BCUT2D eigenvalue weighted by Crippen LogP contribution is -2.61. The number of esters is 1. The smallest absolute Gasteiger partial charge is 0.478 e. The van der Waals surface area contributed by atoms with Crippen LogP contribution in [0.25, 0.3) is 0 Å². The Morgan fingerprint density at radius 3 is 2.12 bits per heavy atom. The molecule has 0 N–H and O–H groups in total. The quantitative estimate of drug-likeness (QED) is 0.259. The van der Waals surface area contributed by atoms with Crippen molar-refractivity contribution in [2.75, 3.05) is 0 Å². The van der Waals surface area contributed by atoms with Gasteiger partial charge in [0, 0.05) is 11.8 Å². The molecule has 2 aromatic rings. The van der Waals surface area contributed by atoms with Crippen LogP contribution in [0.5, 0.6) is 17.2 Å². The van der Waals surface area contributed by atoms with Gasteiger partial charge in [0.25, 0.3) is 0 Å². The predicted molar refractivity (Wildman–Crippen MR) is 120 cm³/mol. The first-order chi connectivity index (χ1) is 16.1. The number of alkyl halides is 3. The molecule has 0 unspecified atom stereocenters. The van der Waals surface area contributed by atoms with Crippen LogP contribution in [-0.2, 0) is 0 Å². The summed E-state index contributed by atoms with van der Waals surface area (Å²) in [4.78, 5) is 12.8. The van der Waals surface area contributed by atoms with Crippen molar-refractivity contribution in [2.45, 2.75) is 51.0 Å². The van der Waals surface area contributed by atoms with E-state index < -0.39 is 23.7 Å². The summed E-state index contributed by atoms with van der Waals surface area (Å²) in [5.74, 6) is 0.690. The summed E-state index contributed by atoms with van der Waals surface area (Å²) in [6.07, 6.45) is 0.236. The second-order valence-electron chi connectivity index (χ2n) is 9.89. The fourth-order valence-corrected chi connectivity index (χ4v) is 6.60. The number of hydrogen-bond donors (Lipinski definition) is 0.